The first kappa shape index (κ1) is 15.9. The lowest BCUT2D eigenvalue weighted by Gasteiger charge is -2.34. The van der Waals surface area contributed by atoms with Crippen molar-refractivity contribution in [3.05, 3.63) is 29.8 Å². The first-order valence-electron chi connectivity index (χ1n) is 8.21. The molecule has 0 spiro atoms. The molecule has 1 aliphatic heterocycles. The van der Waals surface area contributed by atoms with Crippen LogP contribution in [0, 0.1) is 5.92 Å². The topological polar surface area (TPSA) is 32.3 Å². The number of carbonyl (C=O) groups excluding carboxylic acids is 1. The third kappa shape index (κ3) is 3.58. The summed E-state index contributed by atoms with van der Waals surface area (Å²) in [7, 11) is 0. The molecule has 1 aliphatic rings. The van der Waals surface area contributed by atoms with E-state index in [2.05, 4.69) is 50.0 Å². The van der Waals surface area contributed by atoms with Crippen molar-refractivity contribution in [1.82, 2.24) is 4.90 Å². The quantitative estimate of drug-likeness (QED) is 0.865. The first-order valence-corrected chi connectivity index (χ1v) is 8.21. The van der Waals surface area contributed by atoms with Crippen LogP contribution in [0.3, 0.4) is 0 Å². The number of hydrogen-bond donors (Lipinski definition) is 1. The van der Waals surface area contributed by atoms with Crippen LogP contribution in [-0.2, 0) is 11.2 Å². The Balaban J connectivity index is 2.12. The number of benzene rings is 1. The Kier molecular flexibility index (Phi) is 5.27. The van der Waals surface area contributed by atoms with Crippen LogP contribution in [0.5, 0.6) is 0 Å². The highest BCUT2D eigenvalue weighted by atomic mass is 16.2. The number of hydrogen-bond acceptors (Lipinski definition) is 2. The molecule has 1 unspecified atom stereocenters. The van der Waals surface area contributed by atoms with Gasteiger partial charge < -0.3 is 10.2 Å². The highest BCUT2D eigenvalue weighted by molar-refractivity contribution is 5.87. The molecule has 0 fully saturated rings. The lowest BCUT2D eigenvalue weighted by atomic mass is 10.0. The van der Waals surface area contributed by atoms with E-state index in [1.807, 2.05) is 12.1 Å². The van der Waals surface area contributed by atoms with E-state index in [0.717, 1.165) is 31.5 Å². The Labute approximate surface area is 128 Å². The van der Waals surface area contributed by atoms with E-state index >= 15 is 0 Å². The van der Waals surface area contributed by atoms with Crippen molar-refractivity contribution in [3.8, 4) is 0 Å². The molecule has 1 aromatic carbocycles. The highest BCUT2D eigenvalue weighted by Crippen LogP contribution is 2.27. The van der Waals surface area contributed by atoms with Crippen molar-refractivity contribution in [2.24, 2.45) is 5.92 Å². The number of nitrogens with zero attached hydrogens (tertiary/aromatic N) is 1. The molecule has 0 aromatic heterocycles. The summed E-state index contributed by atoms with van der Waals surface area (Å²) in [6, 6.07) is 8.49. The van der Waals surface area contributed by atoms with Crippen LogP contribution >= 0.6 is 0 Å². The zero-order valence-electron chi connectivity index (χ0n) is 13.7. The SMILES string of the molecule is CCC(CC)N(CC(C)C)C(=O)C1Cc2ccccc2N1. The Morgan fingerprint density at radius 2 is 1.95 bits per heavy atom. The number of para-hydroxylation sites is 1. The van der Waals surface area contributed by atoms with Gasteiger partial charge in [-0.15, -0.1) is 0 Å². The third-order valence-corrected chi connectivity index (χ3v) is 4.30. The van der Waals surface area contributed by atoms with E-state index in [0.29, 0.717) is 12.0 Å². The van der Waals surface area contributed by atoms with E-state index < -0.39 is 0 Å². The fourth-order valence-corrected chi connectivity index (χ4v) is 3.19. The van der Waals surface area contributed by atoms with Gasteiger partial charge in [-0.2, -0.15) is 0 Å². The van der Waals surface area contributed by atoms with Crippen LogP contribution in [0.2, 0.25) is 0 Å². The van der Waals surface area contributed by atoms with Crippen molar-refractivity contribution in [2.45, 2.75) is 59.0 Å². The minimum absolute atomic E-state index is 0.0956. The van der Waals surface area contributed by atoms with Crippen molar-refractivity contribution < 1.29 is 4.79 Å². The summed E-state index contributed by atoms with van der Waals surface area (Å²) in [4.78, 5) is 15.1. The fraction of sp³-hybridized carbons (Fsp3) is 0.611. The predicted molar refractivity (Wildman–Crippen MR) is 88.5 cm³/mol. The lowest BCUT2D eigenvalue weighted by Crippen LogP contribution is -2.48. The Morgan fingerprint density at radius 1 is 1.29 bits per heavy atom. The Hall–Kier alpha value is -1.51. The number of carbonyl (C=O) groups is 1. The van der Waals surface area contributed by atoms with Crippen LogP contribution in [0.1, 0.15) is 46.1 Å². The van der Waals surface area contributed by atoms with E-state index in [4.69, 9.17) is 0 Å². The molecule has 1 aromatic rings. The Morgan fingerprint density at radius 3 is 2.52 bits per heavy atom. The maximum atomic E-state index is 13.0. The third-order valence-electron chi connectivity index (χ3n) is 4.30. The van der Waals surface area contributed by atoms with Gasteiger partial charge in [0, 0.05) is 24.7 Å². The summed E-state index contributed by atoms with van der Waals surface area (Å²) in [5, 5.41) is 3.40. The van der Waals surface area contributed by atoms with Gasteiger partial charge in [-0.05, 0) is 30.4 Å². The average Bonchev–Trinajstić information content (AvgIpc) is 2.90. The lowest BCUT2D eigenvalue weighted by molar-refractivity contribution is -0.135. The monoisotopic (exact) mass is 288 g/mol. The van der Waals surface area contributed by atoms with Crippen LogP contribution in [0.25, 0.3) is 0 Å². The maximum absolute atomic E-state index is 13.0. The van der Waals surface area contributed by atoms with Gasteiger partial charge in [-0.25, -0.2) is 0 Å². The van der Waals surface area contributed by atoms with Crippen molar-refractivity contribution in [2.75, 3.05) is 11.9 Å². The van der Waals surface area contributed by atoms with Crippen LogP contribution in [0.4, 0.5) is 5.69 Å². The fourth-order valence-electron chi connectivity index (χ4n) is 3.19. The summed E-state index contributed by atoms with van der Waals surface area (Å²) in [5.41, 5.74) is 2.37. The molecule has 0 bridgehead atoms. The highest BCUT2D eigenvalue weighted by Gasteiger charge is 2.32. The van der Waals surface area contributed by atoms with Gasteiger partial charge >= 0.3 is 0 Å². The molecule has 2 rings (SSSR count). The standard InChI is InChI=1S/C18H28N2O/c1-5-15(6-2)20(12-13(3)4)18(21)17-11-14-9-7-8-10-16(14)19-17/h7-10,13,15,17,19H,5-6,11-12H2,1-4H3. The van der Waals surface area contributed by atoms with E-state index in [1.54, 1.807) is 0 Å². The summed E-state index contributed by atoms with van der Waals surface area (Å²) < 4.78 is 0. The van der Waals surface area contributed by atoms with Gasteiger partial charge in [0.05, 0.1) is 0 Å². The molecule has 0 radical (unpaired) electrons. The van der Waals surface area contributed by atoms with Gasteiger partial charge in [0.15, 0.2) is 0 Å². The molecule has 3 heteroatoms. The van der Waals surface area contributed by atoms with Gasteiger partial charge in [-0.1, -0.05) is 45.9 Å². The summed E-state index contributed by atoms with van der Waals surface area (Å²) in [5.74, 6) is 0.756. The largest absolute Gasteiger partial charge is 0.373 e. The second-order valence-corrected chi connectivity index (χ2v) is 6.41. The molecule has 116 valence electrons. The Bertz CT molecular complexity index is 455. The summed E-state index contributed by atoms with van der Waals surface area (Å²) in [6.45, 7) is 9.55. The molecule has 1 atom stereocenters. The second kappa shape index (κ2) is 6.97. The van der Waals surface area contributed by atoms with Crippen molar-refractivity contribution in [3.63, 3.8) is 0 Å². The normalized spacial score (nSPS) is 17.0. The second-order valence-electron chi connectivity index (χ2n) is 6.41. The van der Waals surface area contributed by atoms with Crippen LogP contribution < -0.4 is 5.32 Å². The molecule has 0 saturated heterocycles. The van der Waals surface area contributed by atoms with Crippen LogP contribution in [0.15, 0.2) is 24.3 Å². The number of amides is 1. The van der Waals surface area contributed by atoms with Crippen molar-refractivity contribution in [1.29, 1.82) is 0 Å². The molecule has 1 heterocycles. The first-order chi connectivity index (χ1) is 10.1. The molecule has 21 heavy (non-hydrogen) atoms. The van der Waals surface area contributed by atoms with Gasteiger partial charge in [0.25, 0.3) is 0 Å². The predicted octanol–water partition coefficient (Wildman–Crippen LogP) is 3.70. The number of rotatable bonds is 6. The van der Waals surface area contributed by atoms with Crippen LogP contribution in [-0.4, -0.2) is 29.4 Å². The molecular weight excluding hydrogens is 260 g/mol. The zero-order valence-corrected chi connectivity index (χ0v) is 13.7. The molecule has 0 aliphatic carbocycles. The molecule has 1 N–H and O–H groups in total. The minimum Gasteiger partial charge on any atom is -0.373 e. The maximum Gasteiger partial charge on any atom is 0.245 e. The van der Waals surface area contributed by atoms with E-state index in [1.165, 1.54) is 5.56 Å². The molecule has 0 saturated carbocycles. The number of nitrogens with one attached hydrogen (secondary N) is 1. The zero-order chi connectivity index (χ0) is 15.4. The van der Waals surface area contributed by atoms with Gasteiger partial charge in [0.1, 0.15) is 6.04 Å². The van der Waals surface area contributed by atoms with Crippen molar-refractivity contribution >= 4 is 11.6 Å². The summed E-state index contributed by atoms with van der Waals surface area (Å²) >= 11 is 0. The molecule has 3 nitrogen and oxygen atoms in total. The smallest absolute Gasteiger partial charge is 0.245 e. The van der Waals surface area contributed by atoms with E-state index in [9.17, 15) is 4.79 Å². The van der Waals surface area contributed by atoms with Gasteiger partial charge in [-0.3, -0.25) is 4.79 Å². The average molecular weight is 288 g/mol. The minimum atomic E-state index is -0.0956. The van der Waals surface area contributed by atoms with Gasteiger partial charge in [0.2, 0.25) is 5.91 Å². The molecule has 1 amide bonds. The number of fused-ring (bicyclic) bond motifs is 1. The molecular formula is C18H28N2O. The number of anilines is 1. The summed E-state index contributed by atoms with van der Waals surface area (Å²) in [6.07, 6.45) is 2.85. The van der Waals surface area contributed by atoms with E-state index in [-0.39, 0.29) is 11.9 Å².